The molecule has 0 radical (unpaired) electrons. The van der Waals surface area contributed by atoms with Gasteiger partial charge in [-0.15, -0.1) is 11.3 Å². The van der Waals surface area contributed by atoms with Gasteiger partial charge in [-0.2, -0.15) is 0 Å². The highest BCUT2D eigenvalue weighted by atomic mass is 32.1. The minimum Gasteiger partial charge on any atom is -0.340 e. The van der Waals surface area contributed by atoms with Gasteiger partial charge in [-0.3, -0.25) is 19.2 Å². The third-order valence-corrected chi connectivity index (χ3v) is 7.88. The van der Waals surface area contributed by atoms with Crippen molar-refractivity contribution in [3.8, 4) is 0 Å². The standard InChI is InChI=1S/C28H35N3O4S/c1-17(2)15-20(29-25(33)18-8-10-19(11-9-18)28(3,4)5)26(34)30-13-12-21-24(30)22(32)16-31(21)27(35)23-7-6-14-36-23/h6-11,14,17,20-21,24H,12-13,15-16H2,1-5H3,(H,29,33). The summed E-state index contributed by atoms with van der Waals surface area (Å²) in [4.78, 5) is 56.5. The van der Waals surface area contributed by atoms with Gasteiger partial charge in [-0.05, 0) is 53.3 Å². The summed E-state index contributed by atoms with van der Waals surface area (Å²) in [5, 5.41) is 4.77. The molecule has 0 spiro atoms. The van der Waals surface area contributed by atoms with Crippen LogP contribution in [0.5, 0.6) is 0 Å². The Morgan fingerprint density at radius 3 is 2.36 bits per heavy atom. The number of hydrogen-bond acceptors (Lipinski definition) is 5. The molecule has 0 aliphatic carbocycles. The second kappa shape index (κ2) is 10.2. The maximum absolute atomic E-state index is 13.7. The van der Waals surface area contributed by atoms with E-state index in [0.29, 0.717) is 29.8 Å². The first-order valence-corrected chi connectivity index (χ1v) is 13.4. The molecule has 0 saturated carbocycles. The second-order valence-corrected chi connectivity index (χ2v) is 12.1. The Kier molecular flexibility index (Phi) is 7.36. The van der Waals surface area contributed by atoms with Crippen molar-refractivity contribution in [2.45, 2.75) is 71.0 Å². The number of amides is 3. The molecule has 1 aromatic carbocycles. The molecule has 2 fully saturated rings. The SMILES string of the molecule is CC(C)CC(NC(=O)c1ccc(C(C)(C)C)cc1)C(=O)N1CCC2C1C(=O)CN2C(=O)c1cccs1. The molecule has 3 amide bonds. The summed E-state index contributed by atoms with van der Waals surface area (Å²) in [6, 6.07) is 9.30. The van der Waals surface area contributed by atoms with Crippen LogP contribution in [-0.2, 0) is 15.0 Å². The summed E-state index contributed by atoms with van der Waals surface area (Å²) < 4.78 is 0. The molecule has 2 aliphatic rings. The van der Waals surface area contributed by atoms with Crippen molar-refractivity contribution in [3.63, 3.8) is 0 Å². The lowest BCUT2D eigenvalue weighted by Crippen LogP contribution is -2.53. The minimum absolute atomic E-state index is 0.0111. The van der Waals surface area contributed by atoms with E-state index in [1.54, 1.807) is 28.0 Å². The lowest BCUT2D eigenvalue weighted by atomic mass is 9.86. The van der Waals surface area contributed by atoms with E-state index >= 15 is 0 Å². The molecule has 3 heterocycles. The smallest absolute Gasteiger partial charge is 0.264 e. The van der Waals surface area contributed by atoms with E-state index in [0.717, 1.165) is 5.56 Å². The highest BCUT2D eigenvalue weighted by Gasteiger charge is 2.52. The van der Waals surface area contributed by atoms with Gasteiger partial charge in [0.1, 0.15) is 12.1 Å². The molecule has 192 valence electrons. The number of carbonyl (C=O) groups is 4. The third-order valence-electron chi connectivity index (χ3n) is 7.02. The molecular formula is C28H35N3O4S. The van der Waals surface area contributed by atoms with Crippen molar-refractivity contribution in [2.75, 3.05) is 13.1 Å². The number of thiophene rings is 1. The number of Topliss-reactive ketones (excluding diaryl/α,β-unsaturated/α-hetero) is 1. The molecule has 4 rings (SSSR count). The van der Waals surface area contributed by atoms with Crippen molar-refractivity contribution in [3.05, 3.63) is 57.8 Å². The van der Waals surface area contributed by atoms with Crippen LogP contribution in [0, 0.1) is 5.92 Å². The maximum Gasteiger partial charge on any atom is 0.264 e. The molecule has 2 aliphatic heterocycles. The van der Waals surface area contributed by atoms with Gasteiger partial charge in [0.25, 0.3) is 11.8 Å². The topological polar surface area (TPSA) is 86.8 Å². The molecule has 1 N–H and O–H groups in total. The van der Waals surface area contributed by atoms with Crippen molar-refractivity contribution in [1.29, 1.82) is 0 Å². The van der Waals surface area contributed by atoms with Crippen LogP contribution in [0.15, 0.2) is 41.8 Å². The van der Waals surface area contributed by atoms with Crippen molar-refractivity contribution >= 4 is 34.8 Å². The van der Waals surface area contributed by atoms with Crippen LogP contribution in [0.1, 0.15) is 73.1 Å². The Morgan fingerprint density at radius 1 is 1.08 bits per heavy atom. The van der Waals surface area contributed by atoms with Crippen molar-refractivity contribution in [2.24, 2.45) is 5.92 Å². The Morgan fingerprint density at radius 2 is 1.78 bits per heavy atom. The van der Waals surface area contributed by atoms with E-state index in [-0.39, 0.29) is 47.4 Å². The molecular weight excluding hydrogens is 474 g/mol. The lowest BCUT2D eigenvalue weighted by Gasteiger charge is -2.29. The predicted molar refractivity (Wildman–Crippen MR) is 140 cm³/mol. The number of ketones is 1. The number of fused-ring (bicyclic) bond motifs is 1. The number of benzene rings is 1. The minimum atomic E-state index is -0.742. The number of rotatable bonds is 6. The highest BCUT2D eigenvalue weighted by Crippen LogP contribution is 2.32. The van der Waals surface area contributed by atoms with Crippen LogP contribution in [-0.4, -0.2) is 64.5 Å². The highest BCUT2D eigenvalue weighted by molar-refractivity contribution is 7.12. The van der Waals surface area contributed by atoms with Crippen LogP contribution in [0.2, 0.25) is 0 Å². The number of nitrogens with zero attached hydrogens (tertiary/aromatic N) is 2. The molecule has 0 bridgehead atoms. The average molecular weight is 510 g/mol. The third kappa shape index (κ3) is 5.24. The number of likely N-dealkylation sites (tertiary alicyclic amines) is 2. The zero-order chi connectivity index (χ0) is 26.2. The van der Waals surface area contributed by atoms with Crippen LogP contribution in [0.25, 0.3) is 0 Å². The Bertz CT molecular complexity index is 1130. The predicted octanol–water partition coefficient (Wildman–Crippen LogP) is 3.88. The molecule has 3 unspecified atom stereocenters. The van der Waals surface area contributed by atoms with Crippen molar-refractivity contribution in [1.82, 2.24) is 15.1 Å². The molecule has 7 nitrogen and oxygen atoms in total. The van der Waals surface area contributed by atoms with Gasteiger partial charge in [-0.1, -0.05) is 52.8 Å². The summed E-state index contributed by atoms with van der Waals surface area (Å²) in [6.45, 7) is 10.7. The zero-order valence-corrected chi connectivity index (χ0v) is 22.4. The quantitative estimate of drug-likeness (QED) is 0.640. The number of carbonyl (C=O) groups excluding carboxylic acids is 4. The zero-order valence-electron chi connectivity index (χ0n) is 21.6. The summed E-state index contributed by atoms with van der Waals surface area (Å²) in [5.41, 5.74) is 1.59. The average Bonchev–Trinajstić information content (AvgIpc) is 3.56. The largest absolute Gasteiger partial charge is 0.340 e. The summed E-state index contributed by atoms with van der Waals surface area (Å²) in [5.74, 6) is -0.682. The van der Waals surface area contributed by atoms with Gasteiger partial charge in [0.15, 0.2) is 5.78 Å². The molecule has 3 atom stereocenters. The van der Waals surface area contributed by atoms with Gasteiger partial charge in [0, 0.05) is 12.1 Å². The molecule has 1 aromatic heterocycles. The van der Waals surface area contributed by atoms with E-state index in [1.807, 2.05) is 37.4 Å². The summed E-state index contributed by atoms with van der Waals surface area (Å²) >= 11 is 1.35. The van der Waals surface area contributed by atoms with E-state index in [9.17, 15) is 19.2 Å². The van der Waals surface area contributed by atoms with E-state index < -0.39 is 12.1 Å². The lowest BCUT2D eigenvalue weighted by molar-refractivity contribution is -0.138. The number of hydrogen-bond donors (Lipinski definition) is 1. The second-order valence-electron chi connectivity index (χ2n) is 11.2. The van der Waals surface area contributed by atoms with E-state index in [1.165, 1.54) is 11.3 Å². The van der Waals surface area contributed by atoms with Gasteiger partial charge in [0.05, 0.1) is 17.5 Å². The molecule has 2 aromatic rings. The van der Waals surface area contributed by atoms with Crippen LogP contribution < -0.4 is 5.32 Å². The van der Waals surface area contributed by atoms with E-state index in [4.69, 9.17) is 0 Å². The van der Waals surface area contributed by atoms with Gasteiger partial charge < -0.3 is 15.1 Å². The van der Waals surface area contributed by atoms with Gasteiger partial charge in [0.2, 0.25) is 5.91 Å². The van der Waals surface area contributed by atoms with Crippen molar-refractivity contribution < 1.29 is 19.2 Å². The first-order valence-electron chi connectivity index (χ1n) is 12.6. The number of nitrogens with one attached hydrogen (secondary N) is 1. The van der Waals surface area contributed by atoms with Crippen LogP contribution >= 0.6 is 11.3 Å². The molecule has 8 heteroatoms. The molecule has 36 heavy (non-hydrogen) atoms. The summed E-state index contributed by atoms with van der Waals surface area (Å²) in [6.07, 6.45) is 1.01. The maximum atomic E-state index is 13.7. The Hall–Kier alpha value is -3.00. The first kappa shape index (κ1) is 26.1. The normalized spacial score (nSPS) is 20.6. The summed E-state index contributed by atoms with van der Waals surface area (Å²) in [7, 11) is 0. The van der Waals surface area contributed by atoms with Gasteiger partial charge in [-0.25, -0.2) is 0 Å². The Labute approximate surface area is 216 Å². The fourth-order valence-corrected chi connectivity index (χ4v) is 5.82. The fourth-order valence-electron chi connectivity index (χ4n) is 5.14. The van der Waals surface area contributed by atoms with Crippen LogP contribution in [0.4, 0.5) is 0 Å². The van der Waals surface area contributed by atoms with E-state index in [2.05, 4.69) is 26.1 Å². The fraction of sp³-hybridized carbons (Fsp3) is 0.500. The Balaban J connectivity index is 1.49. The first-order chi connectivity index (χ1) is 17.0. The molecule has 2 saturated heterocycles. The monoisotopic (exact) mass is 509 g/mol. The van der Waals surface area contributed by atoms with Gasteiger partial charge >= 0.3 is 0 Å². The van der Waals surface area contributed by atoms with Crippen LogP contribution in [0.3, 0.4) is 0 Å².